The molecule has 1 aliphatic rings. The molecule has 19 heavy (non-hydrogen) atoms. The molecule has 0 amide bonds. The highest BCUT2D eigenvalue weighted by Crippen LogP contribution is 2.37. The molecule has 2 atom stereocenters. The van der Waals surface area contributed by atoms with Gasteiger partial charge >= 0.3 is 0 Å². The fourth-order valence-electron chi connectivity index (χ4n) is 3.04. The molecule has 1 aromatic carbocycles. The molecule has 1 fully saturated rings. The third-order valence-corrected chi connectivity index (χ3v) is 4.52. The van der Waals surface area contributed by atoms with E-state index in [0.717, 1.165) is 24.3 Å². The van der Waals surface area contributed by atoms with Crippen molar-refractivity contribution in [2.45, 2.75) is 47.0 Å². The SMILES string of the molecule is Cc1ccc(C)c(CC2CCC2CNCC(C)C)c1. The summed E-state index contributed by atoms with van der Waals surface area (Å²) in [4.78, 5) is 0. The van der Waals surface area contributed by atoms with Crippen molar-refractivity contribution in [2.24, 2.45) is 17.8 Å². The Labute approximate surface area is 118 Å². The fourth-order valence-corrected chi connectivity index (χ4v) is 3.04. The van der Waals surface area contributed by atoms with Gasteiger partial charge in [-0.2, -0.15) is 0 Å². The molecule has 1 nitrogen and oxygen atoms in total. The highest BCUT2D eigenvalue weighted by Gasteiger charge is 2.30. The average Bonchev–Trinajstić information content (AvgIpc) is 2.34. The standard InChI is InChI=1S/C18H29N/c1-13(2)11-19-12-17-8-7-16(17)10-18-9-14(3)5-6-15(18)4/h5-6,9,13,16-17,19H,7-8,10-12H2,1-4H3. The van der Waals surface area contributed by atoms with E-state index < -0.39 is 0 Å². The van der Waals surface area contributed by atoms with E-state index in [0.29, 0.717) is 0 Å². The van der Waals surface area contributed by atoms with Crippen LogP contribution in [0.2, 0.25) is 0 Å². The molecule has 0 aromatic heterocycles. The summed E-state index contributed by atoms with van der Waals surface area (Å²) in [6.07, 6.45) is 4.11. The highest BCUT2D eigenvalue weighted by molar-refractivity contribution is 5.31. The number of hydrogen-bond donors (Lipinski definition) is 1. The van der Waals surface area contributed by atoms with Crippen LogP contribution in [-0.4, -0.2) is 13.1 Å². The van der Waals surface area contributed by atoms with Crippen LogP contribution in [0.5, 0.6) is 0 Å². The van der Waals surface area contributed by atoms with Crippen LogP contribution in [0.15, 0.2) is 18.2 Å². The van der Waals surface area contributed by atoms with E-state index in [9.17, 15) is 0 Å². The van der Waals surface area contributed by atoms with Gasteiger partial charge in [-0.3, -0.25) is 0 Å². The second kappa shape index (κ2) is 6.56. The molecule has 0 radical (unpaired) electrons. The van der Waals surface area contributed by atoms with E-state index in [4.69, 9.17) is 0 Å². The summed E-state index contributed by atoms with van der Waals surface area (Å²) in [6.45, 7) is 11.4. The van der Waals surface area contributed by atoms with E-state index in [1.165, 1.54) is 36.9 Å². The van der Waals surface area contributed by atoms with Crippen molar-refractivity contribution in [3.8, 4) is 0 Å². The molecule has 0 bridgehead atoms. The first-order valence-corrected chi connectivity index (χ1v) is 7.83. The number of aryl methyl sites for hydroxylation is 2. The van der Waals surface area contributed by atoms with E-state index in [-0.39, 0.29) is 0 Å². The molecular formula is C18H29N. The Morgan fingerprint density at radius 2 is 1.89 bits per heavy atom. The van der Waals surface area contributed by atoms with Gasteiger partial charge in [0.25, 0.3) is 0 Å². The van der Waals surface area contributed by atoms with Gasteiger partial charge in [0.05, 0.1) is 0 Å². The molecule has 106 valence electrons. The maximum atomic E-state index is 3.63. The molecule has 1 aromatic rings. The zero-order valence-electron chi connectivity index (χ0n) is 13.0. The molecule has 2 rings (SSSR count). The quantitative estimate of drug-likeness (QED) is 0.810. The van der Waals surface area contributed by atoms with Gasteiger partial charge in [-0.1, -0.05) is 37.6 Å². The number of hydrogen-bond acceptors (Lipinski definition) is 1. The van der Waals surface area contributed by atoms with Crippen LogP contribution in [0.4, 0.5) is 0 Å². The van der Waals surface area contributed by atoms with Gasteiger partial charge in [0.15, 0.2) is 0 Å². The molecular weight excluding hydrogens is 230 g/mol. The highest BCUT2D eigenvalue weighted by atomic mass is 14.9. The fraction of sp³-hybridized carbons (Fsp3) is 0.667. The molecule has 0 heterocycles. The Morgan fingerprint density at radius 1 is 1.16 bits per heavy atom. The monoisotopic (exact) mass is 259 g/mol. The maximum Gasteiger partial charge on any atom is -0.00176 e. The van der Waals surface area contributed by atoms with Gasteiger partial charge in [-0.05, 0) is 75.1 Å². The van der Waals surface area contributed by atoms with Crippen LogP contribution in [0.25, 0.3) is 0 Å². The number of rotatable bonds is 6. The lowest BCUT2D eigenvalue weighted by molar-refractivity contribution is 0.169. The number of nitrogens with one attached hydrogen (secondary N) is 1. The van der Waals surface area contributed by atoms with Crippen molar-refractivity contribution in [2.75, 3.05) is 13.1 Å². The Morgan fingerprint density at radius 3 is 2.53 bits per heavy atom. The maximum absolute atomic E-state index is 3.63. The third kappa shape index (κ3) is 4.07. The van der Waals surface area contributed by atoms with E-state index in [1.807, 2.05) is 0 Å². The summed E-state index contributed by atoms with van der Waals surface area (Å²) in [6, 6.07) is 6.88. The molecule has 1 N–H and O–H groups in total. The molecule has 0 saturated heterocycles. The molecule has 0 aliphatic heterocycles. The van der Waals surface area contributed by atoms with Gasteiger partial charge in [-0.25, -0.2) is 0 Å². The van der Waals surface area contributed by atoms with Crippen LogP contribution in [-0.2, 0) is 6.42 Å². The van der Waals surface area contributed by atoms with Gasteiger partial charge in [0.2, 0.25) is 0 Å². The molecule has 1 saturated carbocycles. The lowest BCUT2D eigenvalue weighted by Crippen LogP contribution is -2.37. The normalized spacial score (nSPS) is 22.6. The van der Waals surface area contributed by atoms with Gasteiger partial charge in [0.1, 0.15) is 0 Å². The van der Waals surface area contributed by atoms with Gasteiger partial charge < -0.3 is 5.32 Å². The predicted molar refractivity (Wildman–Crippen MR) is 83.5 cm³/mol. The van der Waals surface area contributed by atoms with Gasteiger partial charge in [0, 0.05) is 0 Å². The summed E-state index contributed by atoms with van der Waals surface area (Å²) < 4.78 is 0. The largest absolute Gasteiger partial charge is 0.316 e. The zero-order chi connectivity index (χ0) is 13.8. The Balaban J connectivity index is 1.84. The van der Waals surface area contributed by atoms with Crippen molar-refractivity contribution in [1.82, 2.24) is 5.32 Å². The van der Waals surface area contributed by atoms with Gasteiger partial charge in [-0.15, -0.1) is 0 Å². The first-order chi connectivity index (χ1) is 9.06. The van der Waals surface area contributed by atoms with Crippen molar-refractivity contribution in [3.05, 3.63) is 34.9 Å². The minimum absolute atomic E-state index is 0.762. The van der Waals surface area contributed by atoms with Crippen LogP contribution in [0.1, 0.15) is 43.4 Å². The predicted octanol–water partition coefficient (Wildman–Crippen LogP) is 4.12. The van der Waals surface area contributed by atoms with Crippen molar-refractivity contribution in [1.29, 1.82) is 0 Å². The van der Waals surface area contributed by atoms with E-state index in [1.54, 1.807) is 5.56 Å². The lowest BCUT2D eigenvalue weighted by Gasteiger charge is -2.37. The minimum Gasteiger partial charge on any atom is -0.316 e. The van der Waals surface area contributed by atoms with Crippen molar-refractivity contribution < 1.29 is 0 Å². The van der Waals surface area contributed by atoms with E-state index in [2.05, 4.69) is 51.2 Å². The summed E-state index contributed by atoms with van der Waals surface area (Å²) >= 11 is 0. The molecule has 2 unspecified atom stereocenters. The first-order valence-electron chi connectivity index (χ1n) is 7.83. The molecule has 0 spiro atoms. The first kappa shape index (κ1) is 14.6. The van der Waals surface area contributed by atoms with Crippen molar-refractivity contribution >= 4 is 0 Å². The van der Waals surface area contributed by atoms with Crippen LogP contribution in [0.3, 0.4) is 0 Å². The average molecular weight is 259 g/mol. The zero-order valence-corrected chi connectivity index (χ0v) is 13.0. The minimum atomic E-state index is 0.762. The second-order valence-electron chi connectivity index (χ2n) is 6.78. The summed E-state index contributed by atoms with van der Waals surface area (Å²) in [5.41, 5.74) is 4.43. The Hall–Kier alpha value is -0.820. The van der Waals surface area contributed by atoms with Crippen LogP contribution >= 0.6 is 0 Å². The third-order valence-electron chi connectivity index (χ3n) is 4.52. The summed E-state index contributed by atoms with van der Waals surface area (Å²) in [5, 5.41) is 3.63. The van der Waals surface area contributed by atoms with E-state index >= 15 is 0 Å². The molecule has 1 aliphatic carbocycles. The topological polar surface area (TPSA) is 12.0 Å². The lowest BCUT2D eigenvalue weighted by atomic mass is 9.70. The van der Waals surface area contributed by atoms with Crippen LogP contribution < -0.4 is 5.32 Å². The Bertz CT molecular complexity index is 408. The van der Waals surface area contributed by atoms with Crippen LogP contribution in [0, 0.1) is 31.6 Å². The van der Waals surface area contributed by atoms with Crippen molar-refractivity contribution in [3.63, 3.8) is 0 Å². The Kier molecular flexibility index (Phi) is 5.04. The molecule has 1 heteroatoms. The number of benzene rings is 1. The second-order valence-corrected chi connectivity index (χ2v) is 6.78. The summed E-state index contributed by atoms with van der Waals surface area (Å²) in [5.74, 6) is 2.57. The smallest absolute Gasteiger partial charge is 0.00176 e. The summed E-state index contributed by atoms with van der Waals surface area (Å²) in [7, 11) is 0.